The summed E-state index contributed by atoms with van der Waals surface area (Å²) in [5.74, 6) is 0. The molecule has 146 valence electrons. The molecule has 0 fully saturated rings. The number of rotatable bonds is 1. The molecular weight excluding hydrogens is 341 g/mol. The van der Waals surface area contributed by atoms with E-state index in [0.717, 1.165) is 12.2 Å². The van der Waals surface area contributed by atoms with Crippen molar-refractivity contribution in [2.75, 3.05) is 37.0 Å². The van der Waals surface area contributed by atoms with Gasteiger partial charge in [-0.05, 0) is 17.7 Å². The SMILES string of the molecule is CC.CC.CN1CCN(C)c2cc(C(F)(F)F)c(-c3cnn(C)c3)cc21. The van der Waals surface area contributed by atoms with Crippen LogP contribution in [0, 0.1) is 0 Å². The lowest BCUT2D eigenvalue weighted by molar-refractivity contribution is -0.137. The first-order valence-corrected chi connectivity index (χ1v) is 8.94. The Morgan fingerprint density at radius 1 is 0.885 bits per heavy atom. The smallest absolute Gasteiger partial charge is 0.371 e. The van der Waals surface area contributed by atoms with Gasteiger partial charge in [-0.1, -0.05) is 27.7 Å². The van der Waals surface area contributed by atoms with Crippen LogP contribution in [0.4, 0.5) is 24.5 Å². The molecule has 0 saturated heterocycles. The van der Waals surface area contributed by atoms with Crippen molar-refractivity contribution in [1.82, 2.24) is 9.78 Å². The van der Waals surface area contributed by atoms with Gasteiger partial charge in [0, 0.05) is 46.0 Å². The Morgan fingerprint density at radius 2 is 1.38 bits per heavy atom. The van der Waals surface area contributed by atoms with Crippen LogP contribution >= 0.6 is 0 Å². The molecule has 2 aromatic rings. The summed E-state index contributed by atoms with van der Waals surface area (Å²) >= 11 is 0. The summed E-state index contributed by atoms with van der Waals surface area (Å²) in [7, 11) is 5.40. The highest BCUT2D eigenvalue weighted by molar-refractivity contribution is 5.82. The van der Waals surface area contributed by atoms with E-state index in [0.29, 0.717) is 17.8 Å². The molecule has 0 saturated carbocycles. The standard InChI is InChI=1S/C15H17F3N4.2C2H6/c1-20-4-5-21(2)14-7-12(15(16,17)18)11(6-13(14)20)10-8-19-22(3)9-10;2*1-2/h6-9H,4-5H2,1-3H3;2*1-2H3. The van der Waals surface area contributed by atoms with Crippen molar-refractivity contribution in [3.63, 3.8) is 0 Å². The molecule has 0 N–H and O–H groups in total. The summed E-state index contributed by atoms with van der Waals surface area (Å²) in [5.41, 5.74) is 1.43. The fraction of sp³-hybridized carbons (Fsp3) is 0.526. The predicted molar refractivity (Wildman–Crippen MR) is 103 cm³/mol. The Morgan fingerprint density at radius 3 is 1.81 bits per heavy atom. The predicted octanol–water partition coefficient (Wildman–Crippen LogP) is 5.04. The zero-order valence-electron chi connectivity index (χ0n) is 16.6. The topological polar surface area (TPSA) is 24.3 Å². The van der Waals surface area contributed by atoms with Gasteiger partial charge in [0.15, 0.2) is 0 Å². The van der Waals surface area contributed by atoms with Gasteiger partial charge < -0.3 is 9.80 Å². The molecule has 0 unspecified atom stereocenters. The van der Waals surface area contributed by atoms with Crippen LogP contribution in [0.3, 0.4) is 0 Å². The van der Waals surface area contributed by atoms with Crippen LogP contribution in [-0.4, -0.2) is 37.0 Å². The van der Waals surface area contributed by atoms with Crippen molar-refractivity contribution in [2.45, 2.75) is 33.9 Å². The molecule has 4 nitrogen and oxygen atoms in total. The molecule has 0 radical (unpaired) electrons. The van der Waals surface area contributed by atoms with Gasteiger partial charge in [0.2, 0.25) is 0 Å². The van der Waals surface area contributed by atoms with Crippen LogP contribution in [0.25, 0.3) is 11.1 Å². The first-order chi connectivity index (χ1) is 12.3. The van der Waals surface area contributed by atoms with Crippen LogP contribution in [0.5, 0.6) is 0 Å². The molecule has 0 aliphatic carbocycles. The molecule has 0 spiro atoms. The minimum absolute atomic E-state index is 0.168. The van der Waals surface area contributed by atoms with Gasteiger partial charge in [0.1, 0.15) is 0 Å². The van der Waals surface area contributed by atoms with Crippen molar-refractivity contribution in [2.24, 2.45) is 7.05 Å². The Kier molecular flexibility index (Phi) is 7.54. The number of halogens is 3. The summed E-state index contributed by atoms with van der Waals surface area (Å²) < 4.78 is 41.9. The van der Waals surface area contributed by atoms with E-state index in [1.165, 1.54) is 16.9 Å². The van der Waals surface area contributed by atoms with E-state index in [1.54, 1.807) is 19.3 Å². The van der Waals surface area contributed by atoms with Crippen LogP contribution in [-0.2, 0) is 13.2 Å². The fourth-order valence-electron chi connectivity index (χ4n) is 2.76. The van der Waals surface area contributed by atoms with Gasteiger partial charge in [-0.25, -0.2) is 0 Å². The summed E-state index contributed by atoms with van der Waals surface area (Å²) in [6.45, 7) is 9.48. The maximum atomic E-state index is 13.5. The lowest BCUT2D eigenvalue weighted by atomic mass is 9.98. The van der Waals surface area contributed by atoms with E-state index in [2.05, 4.69) is 5.10 Å². The highest BCUT2D eigenvalue weighted by Crippen LogP contribution is 2.44. The van der Waals surface area contributed by atoms with Crippen molar-refractivity contribution in [1.29, 1.82) is 0 Å². The Hall–Kier alpha value is -2.18. The van der Waals surface area contributed by atoms with Gasteiger partial charge in [0.25, 0.3) is 0 Å². The highest BCUT2D eigenvalue weighted by atomic mass is 19.4. The lowest BCUT2D eigenvalue weighted by Crippen LogP contribution is -2.37. The van der Waals surface area contributed by atoms with Crippen LogP contribution < -0.4 is 9.80 Å². The third kappa shape index (κ3) is 4.51. The second kappa shape index (κ2) is 8.96. The maximum absolute atomic E-state index is 13.5. The molecule has 0 bridgehead atoms. The molecule has 1 aliphatic heterocycles. The number of alkyl halides is 3. The lowest BCUT2D eigenvalue weighted by Gasteiger charge is -2.35. The van der Waals surface area contributed by atoms with Crippen molar-refractivity contribution in [3.8, 4) is 11.1 Å². The normalized spacial score (nSPS) is 13.3. The molecular formula is C19H29F3N4. The van der Waals surface area contributed by atoms with Crippen LogP contribution in [0.1, 0.15) is 33.3 Å². The second-order valence-electron chi connectivity index (χ2n) is 5.63. The number of hydrogen-bond donors (Lipinski definition) is 0. The number of fused-ring (bicyclic) bond motifs is 1. The van der Waals surface area contributed by atoms with Gasteiger partial charge in [-0.15, -0.1) is 0 Å². The fourth-order valence-corrected chi connectivity index (χ4v) is 2.76. The Bertz CT molecular complexity index is 707. The summed E-state index contributed by atoms with van der Waals surface area (Å²) in [5, 5.41) is 3.99. The average Bonchev–Trinajstić information content (AvgIpc) is 3.06. The third-order valence-electron chi connectivity index (χ3n) is 4.03. The Labute approximate surface area is 154 Å². The largest absolute Gasteiger partial charge is 0.417 e. The van der Waals surface area contributed by atoms with E-state index >= 15 is 0 Å². The first-order valence-electron chi connectivity index (χ1n) is 8.94. The van der Waals surface area contributed by atoms with E-state index in [1.807, 2.05) is 51.6 Å². The van der Waals surface area contributed by atoms with Crippen molar-refractivity contribution < 1.29 is 13.2 Å². The number of benzene rings is 1. The molecule has 0 amide bonds. The van der Waals surface area contributed by atoms with Crippen molar-refractivity contribution in [3.05, 3.63) is 30.1 Å². The van der Waals surface area contributed by atoms with Gasteiger partial charge >= 0.3 is 6.18 Å². The number of aryl methyl sites for hydroxylation is 1. The van der Waals surface area contributed by atoms with Gasteiger partial charge in [-0.2, -0.15) is 18.3 Å². The van der Waals surface area contributed by atoms with E-state index in [4.69, 9.17) is 0 Å². The minimum atomic E-state index is -4.41. The highest BCUT2D eigenvalue weighted by Gasteiger charge is 2.36. The Balaban J connectivity index is 0.000000791. The summed E-state index contributed by atoms with van der Waals surface area (Å²) in [6, 6.07) is 2.86. The number of anilines is 2. The van der Waals surface area contributed by atoms with Gasteiger partial charge in [0.05, 0.1) is 23.1 Å². The zero-order valence-corrected chi connectivity index (χ0v) is 16.6. The van der Waals surface area contributed by atoms with E-state index in [9.17, 15) is 13.2 Å². The molecule has 2 heterocycles. The maximum Gasteiger partial charge on any atom is 0.417 e. The molecule has 26 heavy (non-hydrogen) atoms. The van der Waals surface area contributed by atoms with Gasteiger partial charge in [-0.3, -0.25) is 4.68 Å². The summed E-state index contributed by atoms with van der Waals surface area (Å²) in [4.78, 5) is 3.84. The van der Waals surface area contributed by atoms with Crippen LogP contribution in [0.15, 0.2) is 24.5 Å². The number of aromatic nitrogens is 2. The monoisotopic (exact) mass is 370 g/mol. The van der Waals surface area contributed by atoms with E-state index in [-0.39, 0.29) is 5.56 Å². The first kappa shape index (κ1) is 21.9. The average molecular weight is 370 g/mol. The molecule has 7 heteroatoms. The third-order valence-corrected chi connectivity index (χ3v) is 4.03. The zero-order chi connectivity index (χ0) is 20.1. The molecule has 1 aliphatic rings. The van der Waals surface area contributed by atoms with Crippen molar-refractivity contribution >= 4 is 11.4 Å². The molecule has 3 rings (SSSR count). The number of hydrogen-bond acceptors (Lipinski definition) is 3. The van der Waals surface area contributed by atoms with E-state index < -0.39 is 11.7 Å². The summed E-state index contributed by atoms with van der Waals surface area (Å²) in [6.07, 6.45) is -1.34. The molecule has 0 atom stereocenters. The molecule has 1 aromatic carbocycles. The number of nitrogens with zero attached hydrogens (tertiary/aromatic N) is 4. The van der Waals surface area contributed by atoms with Crippen LogP contribution in [0.2, 0.25) is 0 Å². The second-order valence-corrected chi connectivity index (χ2v) is 5.63. The number of likely N-dealkylation sites (N-methyl/N-ethyl adjacent to an activating group) is 2. The quantitative estimate of drug-likeness (QED) is 0.702. The minimum Gasteiger partial charge on any atom is -0.371 e. The molecule has 1 aromatic heterocycles.